The zero-order chi connectivity index (χ0) is 16.0. The van der Waals surface area contributed by atoms with E-state index in [1.807, 2.05) is 0 Å². The first-order chi connectivity index (χ1) is 9.69. The monoisotopic (exact) mass is 300 g/mol. The molecule has 0 spiro atoms. The van der Waals surface area contributed by atoms with E-state index in [4.69, 9.17) is 4.74 Å². The summed E-state index contributed by atoms with van der Waals surface area (Å²) >= 11 is 0. The van der Waals surface area contributed by atoms with Gasteiger partial charge in [0.1, 0.15) is 17.5 Å². The maximum absolute atomic E-state index is 13.0. The Bertz CT molecular complexity index is 476. The number of nitrogens with one attached hydrogen (secondary N) is 1. The summed E-state index contributed by atoms with van der Waals surface area (Å²) in [6, 6.07) is 1.10. The van der Waals surface area contributed by atoms with Crippen LogP contribution in [0.1, 0.15) is 38.9 Å². The summed E-state index contributed by atoms with van der Waals surface area (Å²) in [7, 11) is 0. The second-order valence-electron chi connectivity index (χ2n) is 5.67. The first-order valence-electron chi connectivity index (χ1n) is 6.62. The summed E-state index contributed by atoms with van der Waals surface area (Å²) < 4.78 is 18.0. The minimum Gasteiger partial charge on any atom is -0.444 e. The third-order valence-electron chi connectivity index (χ3n) is 2.54. The van der Waals surface area contributed by atoms with Crippen LogP contribution in [0, 0.1) is 5.82 Å². The van der Waals surface area contributed by atoms with Crippen LogP contribution in [0.3, 0.4) is 0 Å². The average molecular weight is 300 g/mol. The second kappa shape index (κ2) is 7.33. The van der Waals surface area contributed by atoms with E-state index in [0.717, 1.165) is 12.3 Å². The molecule has 21 heavy (non-hydrogen) atoms. The lowest BCUT2D eigenvalue weighted by atomic mass is 10.0. The molecule has 0 radical (unpaired) electrons. The third-order valence-corrected chi connectivity index (χ3v) is 2.54. The number of rotatable bonds is 5. The Morgan fingerprint density at radius 3 is 2.67 bits per heavy atom. The number of carbonyl (C=O) groups is 1. The molecule has 1 heterocycles. The highest BCUT2D eigenvalue weighted by Gasteiger charge is 2.20. The van der Waals surface area contributed by atoms with Crippen LogP contribution in [0.2, 0.25) is 0 Å². The molecular weight excluding hydrogens is 279 g/mol. The number of alkyl carbamates (subject to hydrolysis) is 1. The first kappa shape index (κ1) is 17.3. The Labute approximate surface area is 123 Å². The van der Waals surface area contributed by atoms with Crippen molar-refractivity contribution in [2.45, 2.75) is 45.0 Å². The minimum absolute atomic E-state index is 0.0942. The van der Waals surface area contributed by atoms with Crippen molar-refractivity contribution in [3.63, 3.8) is 0 Å². The van der Waals surface area contributed by atoms with Crippen LogP contribution in [0.25, 0.3) is 0 Å². The number of amides is 1. The number of ether oxygens (including phenoxy) is 1. The molecule has 0 aliphatic rings. The van der Waals surface area contributed by atoms with Gasteiger partial charge in [-0.05, 0) is 33.3 Å². The van der Waals surface area contributed by atoms with Gasteiger partial charge < -0.3 is 20.3 Å². The zero-order valence-corrected chi connectivity index (χ0v) is 12.3. The molecule has 0 bridgehead atoms. The van der Waals surface area contributed by atoms with E-state index >= 15 is 0 Å². The number of aromatic nitrogens is 1. The Morgan fingerprint density at radius 1 is 1.43 bits per heavy atom. The van der Waals surface area contributed by atoms with Gasteiger partial charge in [-0.25, -0.2) is 9.18 Å². The number of pyridine rings is 1. The van der Waals surface area contributed by atoms with Crippen LogP contribution in [-0.2, 0) is 4.74 Å². The van der Waals surface area contributed by atoms with Crippen molar-refractivity contribution >= 4 is 6.09 Å². The van der Waals surface area contributed by atoms with Crippen molar-refractivity contribution < 1.29 is 24.1 Å². The molecule has 6 nitrogen and oxygen atoms in total. The summed E-state index contributed by atoms with van der Waals surface area (Å²) in [5.74, 6) is -0.592. The van der Waals surface area contributed by atoms with Gasteiger partial charge in [0.05, 0.1) is 12.3 Å². The lowest BCUT2D eigenvalue weighted by Crippen LogP contribution is -2.34. The summed E-state index contributed by atoms with van der Waals surface area (Å²) in [4.78, 5) is 15.0. The first-order valence-corrected chi connectivity index (χ1v) is 6.62. The summed E-state index contributed by atoms with van der Waals surface area (Å²) in [6.07, 6.45) is -0.643. The van der Waals surface area contributed by atoms with Gasteiger partial charge in [-0.15, -0.1) is 0 Å². The number of nitrogens with zero attached hydrogens (tertiary/aromatic N) is 1. The Hall–Kier alpha value is -1.73. The molecular formula is C14H21FN2O4. The van der Waals surface area contributed by atoms with Crippen LogP contribution in [0.5, 0.6) is 0 Å². The highest BCUT2D eigenvalue weighted by atomic mass is 19.1. The average Bonchev–Trinajstić information content (AvgIpc) is 2.35. The van der Waals surface area contributed by atoms with E-state index in [1.54, 1.807) is 20.8 Å². The zero-order valence-electron chi connectivity index (χ0n) is 12.3. The van der Waals surface area contributed by atoms with E-state index in [9.17, 15) is 19.4 Å². The molecule has 7 heteroatoms. The molecule has 0 aromatic carbocycles. The molecule has 0 saturated carbocycles. The topological polar surface area (TPSA) is 91.7 Å². The van der Waals surface area contributed by atoms with Crippen molar-refractivity contribution in [1.82, 2.24) is 10.3 Å². The molecule has 118 valence electrons. The summed E-state index contributed by atoms with van der Waals surface area (Å²) in [5.41, 5.74) is -0.421. The van der Waals surface area contributed by atoms with Gasteiger partial charge in [0, 0.05) is 18.3 Å². The smallest absolute Gasteiger partial charge is 0.407 e. The standard InChI is InChI=1S/C14H21FN2O4/c1-14(2,3)21-13(20)17-5-4-11(18)12(19)9-6-10(15)8-16-7-9/h6-8,11-12,18-19H,4-5H2,1-3H3,(H,17,20). The molecule has 2 unspecified atom stereocenters. The van der Waals surface area contributed by atoms with Crippen molar-refractivity contribution in [2.75, 3.05) is 6.54 Å². The number of hydrogen-bond acceptors (Lipinski definition) is 5. The van der Waals surface area contributed by atoms with Gasteiger partial charge >= 0.3 is 6.09 Å². The van der Waals surface area contributed by atoms with Crippen molar-refractivity contribution in [2.24, 2.45) is 0 Å². The van der Waals surface area contributed by atoms with E-state index in [0.29, 0.717) is 0 Å². The van der Waals surface area contributed by atoms with Gasteiger partial charge in [0.2, 0.25) is 0 Å². The highest BCUT2D eigenvalue weighted by molar-refractivity contribution is 5.67. The SMILES string of the molecule is CC(C)(C)OC(=O)NCCC(O)C(O)c1cncc(F)c1. The summed E-state index contributed by atoms with van der Waals surface area (Å²) in [6.45, 7) is 5.34. The molecule has 3 N–H and O–H groups in total. The Balaban J connectivity index is 2.40. The normalized spacial score (nSPS) is 14.4. The Kier molecular flexibility index (Phi) is 6.04. The minimum atomic E-state index is -1.27. The third kappa shape index (κ3) is 6.50. The van der Waals surface area contributed by atoms with Gasteiger partial charge in [0.25, 0.3) is 0 Å². The van der Waals surface area contributed by atoms with Crippen LogP contribution < -0.4 is 5.32 Å². The molecule has 2 atom stereocenters. The Morgan fingerprint density at radius 2 is 2.10 bits per heavy atom. The van der Waals surface area contributed by atoms with E-state index < -0.39 is 29.7 Å². The molecule has 1 rings (SSSR count). The maximum atomic E-state index is 13.0. The molecule has 0 saturated heterocycles. The predicted octanol–water partition coefficient (Wildman–Crippen LogP) is 1.53. The fourth-order valence-electron chi connectivity index (χ4n) is 1.61. The van der Waals surface area contributed by atoms with E-state index in [-0.39, 0.29) is 18.5 Å². The molecule has 0 fully saturated rings. The van der Waals surface area contributed by atoms with Crippen molar-refractivity contribution in [3.05, 3.63) is 29.8 Å². The van der Waals surface area contributed by atoms with Crippen LogP contribution >= 0.6 is 0 Å². The molecule has 1 aromatic heterocycles. The van der Waals surface area contributed by atoms with Gasteiger partial charge in [0.15, 0.2) is 0 Å². The second-order valence-corrected chi connectivity index (χ2v) is 5.67. The van der Waals surface area contributed by atoms with Crippen molar-refractivity contribution in [3.8, 4) is 0 Å². The fraction of sp³-hybridized carbons (Fsp3) is 0.571. The van der Waals surface area contributed by atoms with Gasteiger partial charge in [-0.1, -0.05) is 0 Å². The summed E-state index contributed by atoms with van der Waals surface area (Å²) in [5, 5.41) is 22.1. The van der Waals surface area contributed by atoms with Crippen LogP contribution in [0.15, 0.2) is 18.5 Å². The predicted molar refractivity (Wildman–Crippen MR) is 74.0 cm³/mol. The van der Waals surface area contributed by atoms with Crippen molar-refractivity contribution in [1.29, 1.82) is 0 Å². The molecule has 0 aliphatic carbocycles. The number of carbonyl (C=O) groups excluding carboxylic acids is 1. The van der Waals surface area contributed by atoms with Crippen LogP contribution in [-0.4, -0.2) is 39.5 Å². The van der Waals surface area contributed by atoms with Crippen LogP contribution in [0.4, 0.5) is 9.18 Å². The number of aliphatic hydroxyl groups excluding tert-OH is 2. The van der Waals surface area contributed by atoms with E-state index in [1.165, 1.54) is 6.20 Å². The molecule has 1 aromatic rings. The number of aliphatic hydroxyl groups is 2. The highest BCUT2D eigenvalue weighted by Crippen LogP contribution is 2.18. The van der Waals surface area contributed by atoms with E-state index in [2.05, 4.69) is 10.3 Å². The largest absolute Gasteiger partial charge is 0.444 e. The lowest BCUT2D eigenvalue weighted by molar-refractivity contribution is 0.0120. The van der Waals surface area contributed by atoms with Gasteiger partial charge in [-0.2, -0.15) is 0 Å². The number of hydrogen-bond donors (Lipinski definition) is 3. The van der Waals surface area contributed by atoms with Gasteiger partial charge in [-0.3, -0.25) is 4.98 Å². The maximum Gasteiger partial charge on any atom is 0.407 e. The lowest BCUT2D eigenvalue weighted by Gasteiger charge is -2.21. The molecule has 0 aliphatic heterocycles. The number of halogens is 1. The quantitative estimate of drug-likeness (QED) is 0.767. The molecule has 1 amide bonds. The fourth-order valence-corrected chi connectivity index (χ4v) is 1.61.